The second-order valence-corrected chi connectivity index (χ2v) is 6.19. The number of hydrogen-bond acceptors (Lipinski definition) is 2. The van der Waals surface area contributed by atoms with Gasteiger partial charge in [0.25, 0.3) is 0 Å². The van der Waals surface area contributed by atoms with Gasteiger partial charge in [0, 0.05) is 12.6 Å². The van der Waals surface area contributed by atoms with E-state index in [-0.39, 0.29) is 36.5 Å². The van der Waals surface area contributed by atoms with E-state index in [0.717, 1.165) is 30.4 Å². The third-order valence-corrected chi connectivity index (χ3v) is 4.37. The molecule has 0 fully saturated rings. The molecule has 3 atom stereocenters. The Morgan fingerprint density at radius 1 is 1.50 bits per heavy atom. The SMILES string of the molecule is C[C@H](CCCO)NC(=O)N[C@H]1c2cccc(F)c2CC[C@@H]1C. The van der Waals surface area contributed by atoms with Gasteiger partial charge in [0.05, 0.1) is 6.04 Å². The summed E-state index contributed by atoms with van der Waals surface area (Å²) in [7, 11) is 0. The minimum atomic E-state index is -0.237. The highest BCUT2D eigenvalue weighted by Gasteiger charge is 2.29. The summed E-state index contributed by atoms with van der Waals surface area (Å²) in [5.74, 6) is 0.0840. The van der Waals surface area contributed by atoms with Gasteiger partial charge < -0.3 is 15.7 Å². The summed E-state index contributed by atoms with van der Waals surface area (Å²) in [5, 5.41) is 14.7. The normalized spacial score (nSPS) is 21.8. The fraction of sp³-hybridized carbons (Fsp3) is 0.588. The lowest BCUT2D eigenvalue weighted by Gasteiger charge is -2.32. The Morgan fingerprint density at radius 2 is 2.27 bits per heavy atom. The summed E-state index contributed by atoms with van der Waals surface area (Å²) in [6.07, 6.45) is 2.97. The molecule has 1 aromatic carbocycles. The van der Waals surface area contributed by atoms with E-state index in [1.165, 1.54) is 6.07 Å². The zero-order valence-electron chi connectivity index (χ0n) is 13.2. The monoisotopic (exact) mass is 308 g/mol. The molecule has 0 aromatic heterocycles. The smallest absolute Gasteiger partial charge is 0.315 e. The Balaban J connectivity index is 2.03. The molecule has 2 rings (SSSR count). The van der Waals surface area contributed by atoms with Gasteiger partial charge in [0.15, 0.2) is 0 Å². The number of rotatable bonds is 5. The van der Waals surface area contributed by atoms with Gasteiger partial charge in [-0.05, 0) is 55.7 Å². The molecule has 0 aliphatic heterocycles. The molecule has 0 bridgehead atoms. The van der Waals surface area contributed by atoms with Crippen LogP contribution < -0.4 is 10.6 Å². The van der Waals surface area contributed by atoms with Gasteiger partial charge in [-0.25, -0.2) is 9.18 Å². The van der Waals surface area contributed by atoms with E-state index in [1.54, 1.807) is 6.07 Å². The fourth-order valence-electron chi connectivity index (χ4n) is 3.07. The summed E-state index contributed by atoms with van der Waals surface area (Å²) in [6.45, 7) is 4.11. The van der Waals surface area contributed by atoms with Crippen LogP contribution in [0.25, 0.3) is 0 Å². The van der Waals surface area contributed by atoms with Gasteiger partial charge in [-0.1, -0.05) is 19.1 Å². The van der Waals surface area contributed by atoms with Gasteiger partial charge in [0.1, 0.15) is 5.82 Å². The quantitative estimate of drug-likeness (QED) is 0.783. The van der Waals surface area contributed by atoms with Crippen LogP contribution >= 0.6 is 0 Å². The lowest BCUT2D eigenvalue weighted by atomic mass is 9.80. The van der Waals surface area contributed by atoms with Crippen LogP contribution in [0.3, 0.4) is 0 Å². The number of nitrogens with one attached hydrogen (secondary N) is 2. The zero-order chi connectivity index (χ0) is 16.1. The maximum Gasteiger partial charge on any atom is 0.315 e. The Labute approximate surface area is 131 Å². The number of carbonyl (C=O) groups excluding carboxylic acids is 1. The first kappa shape index (κ1) is 16.7. The molecule has 1 aliphatic rings. The Hall–Kier alpha value is -1.62. The average Bonchev–Trinajstić information content (AvgIpc) is 2.48. The minimum Gasteiger partial charge on any atom is -0.396 e. The maximum absolute atomic E-state index is 13.9. The predicted octanol–water partition coefficient (Wildman–Crippen LogP) is 2.91. The molecule has 3 N–H and O–H groups in total. The first-order valence-corrected chi connectivity index (χ1v) is 7.98. The van der Waals surface area contributed by atoms with E-state index in [1.807, 2.05) is 13.0 Å². The number of amides is 2. The average molecular weight is 308 g/mol. The Kier molecular flexibility index (Phi) is 5.77. The highest BCUT2D eigenvalue weighted by atomic mass is 19.1. The van der Waals surface area contributed by atoms with Crippen molar-refractivity contribution in [3.8, 4) is 0 Å². The van der Waals surface area contributed by atoms with Gasteiger partial charge in [-0.15, -0.1) is 0 Å². The van der Waals surface area contributed by atoms with E-state index in [4.69, 9.17) is 5.11 Å². The number of hydrogen-bond donors (Lipinski definition) is 3. The van der Waals surface area contributed by atoms with E-state index in [9.17, 15) is 9.18 Å². The summed E-state index contributed by atoms with van der Waals surface area (Å²) >= 11 is 0. The number of urea groups is 1. The van der Waals surface area contributed by atoms with Gasteiger partial charge in [-0.3, -0.25) is 0 Å². The van der Waals surface area contributed by atoms with Crippen LogP contribution in [0.2, 0.25) is 0 Å². The van der Waals surface area contributed by atoms with Crippen LogP contribution in [0.4, 0.5) is 9.18 Å². The maximum atomic E-state index is 13.9. The molecule has 2 amide bonds. The molecule has 5 heteroatoms. The van der Waals surface area contributed by atoms with E-state index in [0.29, 0.717) is 6.42 Å². The van der Waals surface area contributed by atoms with Gasteiger partial charge in [0.2, 0.25) is 0 Å². The van der Waals surface area contributed by atoms with Crippen molar-refractivity contribution in [1.29, 1.82) is 0 Å². The standard InChI is InChI=1S/C17H25FN2O2/c1-11-8-9-13-14(6-3-7-15(13)18)16(11)20-17(22)19-12(2)5-4-10-21/h3,6-7,11-12,16,21H,4-5,8-10H2,1-2H3,(H2,19,20,22)/t11-,12+,16+/m0/s1. The molecule has 22 heavy (non-hydrogen) atoms. The van der Waals surface area contributed by atoms with Gasteiger partial charge >= 0.3 is 6.03 Å². The second kappa shape index (κ2) is 7.58. The van der Waals surface area contributed by atoms with Crippen LogP contribution in [0.15, 0.2) is 18.2 Å². The lowest BCUT2D eigenvalue weighted by molar-refractivity contribution is 0.223. The van der Waals surface area contributed by atoms with Crippen molar-refractivity contribution >= 4 is 6.03 Å². The molecule has 4 nitrogen and oxygen atoms in total. The molecule has 122 valence electrons. The third kappa shape index (κ3) is 3.97. The van der Waals surface area contributed by atoms with Crippen LogP contribution in [0.5, 0.6) is 0 Å². The van der Waals surface area contributed by atoms with Crippen molar-refractivity contribution in [2.75, 3.05) is 6.61 Å². The van der Waals surface area contributed by atoms with Crippen LogP contribution in [0.1, 0.15) is 50.3 Å². The molecule has 1 aromatic rings. The Bertz CT molecular complexity index is 521. The highest BCUT2D eigenvalue weighted by Crippen LogP contribution is 2.35. The van der Waals surface area contributed by atoms with Crippen molar-refractivity contribution in [3.05, 3.63) is 35.1 Å². The number of carbonyl (C=O) groups is 1. The zero-order valence-corrected chi connectivity index (χ0v) is 13.2. The number of benzene rings is 1. The number of aliphatic hydroxyl groups excluding tert-OH is 1. The van der Waals surface area contributed by atoms with E-state index < -0.39 is 0 Å². The highest BCUT2D eigenvalue weighted by molar-refractivity contribution is 5.75. The molecule has 0 unspecified atom stereocenters. The summed E-state index contributed by atoms with van der Waals surface area (Å²) in [6, 6.07) is 4.67. The second-order valence-electron chi connectivity index (χ2n) is 6.19. The lowest BCUT2D eigenvalue weighted by Crippen LogP contribution is -2.45. The van der Waals surface area contributed by atoms with Crippen LogP contribution in [-0.4, -0.2) is 23.8 Å². The molecule has 0 saturated carbocycles. The first-order valence-electron chi connectivity index (χ1n) is 7.98. The summed E-state index contributed by atoms with van der Waals surface area (Å²) in [4.78, 5) is 12.1. The molecular weight excluding hydrogens is 283 g/mol. The minimum absolute atomic E-state index is 0.00183. The molecule has 0 spiro atoms. The van der Waals surface area contributed by atoms with Crippen molar-refractivity contribution in [3.63, 3.8) is 0 Å². The largest absolute Gasteiger partial charge is 0.396 e. The molecule has 1 aliphatic carbocycles. The summed E-state index contributed by atoms with van der Waals surface area (Å²) < 4.78 is 13.9. The molecule has 0 radical (unpaired) electrons. The summed E-state index contributed by atoms with van der Waals surface area (Å²) in [5.41, 5.74) is 1.61. The Morgan fingerprint density at radius 3 is 3.00 bits per heavy atom. The molecule has 0 heterocycles. The topological polar surface area (TPSA) is 61.4 Å². The van der Waals surface area contributed by atoms with Crippen LogP contribution in [-0.2, 0) is 6.42 Å². The third-order valence-electron chi connectivity index (χ3n) is 4.37. The van der Waals surface area contributed by atoms with Gasteiger partial charge in [-0.2, -0.15) is 0 Å². The predicted molar refractivity (Wildman–Crippen MR) is 84.1 cm³/mol. The number of halogens is 1. The van der Waals surface area contributed by atoms with Crippen molar-refractivity contribution in [2.24, 2.45) is 5.92 Å². The van der Waals surface area contributed by atoms with E-state index in [2.05, 4.69) is 17.6 Å². The van der Waals surface area contributed by atoms with E-state index >= 15 is 0 Å². The van der Waals surface area contributed by atoms with Crippen LogP contribution in [0, 0.1) is 11.7 Å². The van der Waals surface area contributed by atoms with Crippen molar-refractivity contribution < 1.29 is 14.3 Å². The fourth-order valence-corrected chi connectivity index (χ4v) is 3.07. The first-order chi connectivity index (χ1) is 10.5. The van der Waals surface area contributed by atoms with Crippen molar-refractivity contribution in [2.45, 2.75) is 51.6 Å². The molecular formula is C17H25FN2O2. The molecule has 0 saturated heterocycles. The van der Waals surface area contributed by atoms with Crippen molar-refractivity contribution in [1.82, 2.24) is 10.6 Å². The number of fused-ring (bicyclic) bond motifs is 1. The number of aliphatic hydroxyl groups is 1.